The van der Waals surface area contributed by atoms with Crippen LogP contribution in [0.4, 0.5) is 0 Å². The number of aliphatic hydroxyl groups is 1. The summed E-state index contributed by atoms with van der Waals surface area (Å²) in [6.07, 6.45) is 8.49. The molecule has 1 amide bonds. The number of ether oxygens (including phenoxy) is 1. The van der Waals surface area contributed by atoms with E-state index >= 15 is 0 Å². The summed E-state index contributed by atoms with van der Waals surface area (Å²) in [5.74, 6) is 0.580. The summed E-state index contributed by atoms with van der Waals surface area (Å²) in [6, 6.07) is 0. The SMILES string of the molecule is CN1C=C(C(=N)N2CCOC3=CC(C(=O)NO)=CCC3C2)C=CC1O. The van der Waals surface area contributed by atoms with Crippen molar-refractivity contribution in [3.8, 4) is 0 Å². The summed E-state index contributed by atoms with van der Waals surface area (Å²) in [6.45, 7) is 1.58. The summed E-state index contributed by atoms with van der Waals surface area (Å²) in [4.78, 5) is 15.1. The predicted molar refractivity (Wildman–Crippen MR) is 90.4 cm³/mol. The average molecular weight is 346 g/mol. The van der Waals surface area contributed by atoms with Crippen molar-refractivity contribution in [1.29, 1.82) is 5.41 Å². The quantitative estimate of drug-likeness (QED) is 0.248. The molecular formula is C17H22N4O4. The Hall–Kier alpha value is -2.58. The highest BCUT2D eigenvalue weighted by atomic mass is 16.5. The van der Waals surface area contributed by atoms with Gasteiger partial charge in [-0.15, -0.1) is 0 Å². The molecule has 8 nitrogen and oxygen atoms in total. The molecule has 1 fully saturated rings. The number of rotatable bonds is 2. The number of nitrogens with one attached hydrogen (secondary N) is 2. The molecule has 2 heterocycles. The van der Waals surface area contributed by atoms with Gasteiger partial charge in [-0.2, -0.15) is 0 Å². The van der Waals surface area contributed by atoms with E-state index in [-0.39, 0.29) is 5.92 Å². The molecule has 1 aliphatic carbocycles. The minimum Gasteiger partial charge on any atom is -0.496 e. The summed E-state index contributed by atoms with van der Waals surface area (Å²) in [5, 5.41) is 26.9. The molecule has 0 saturated carbocycles. The third-order valence-corrected chi connectivity index (χ3v) is 4.55. The molecule has 0 aromatic heterocycles. The molecule has 0 spiro atoms. The topological polar surface area (TPSA) is 109 Å². The third-order valence-electron chi connectivity index (χ3n) is 4.55. The van der Waals surface area contributed by atoms with Gasteiger partial charge in [-0.05, 0) is 24.6 Å². The highest BCUT2D eigenvalue weighted by Crippen LogP contribution is 2.29. The van der Waals surface area contributed by atoms with Crippen LogP contribution in [0, 0.1) is 11.3 Å². The van der Waals surface area contributed by atoms with Gasteiger partial charge < -0.3 is 19.6 Å². The maximum atomic E-state index is 11.5. The van der Waals surface area contributed by atoms with Crippen LogP contribution in [-0.2, 0) is 9.53 Å². The van der Waals surface area contributed by atoms with Gasteiger partial charge in [0.15, 0.2) is 0 Å². The number of amidine groups is 1. The van der Waals surface area contributed by atoms with Crippen LogP contribution in [0.15, 0.2) is 47.4 Å². The number of fused-ring (bicyclic) bond motifs is 1. The van der Waals surface area contributed by atoms with E-state index in [9.17, 15) is 9.90 Å². The van der Waals surface area contributed by atoms with Gasteiger partial charge in [0, 0.05) is 36.9 Å². The van der Waals surface area contributed by atoms with Crippen LogP contribution >= 0.6 is 0 Å². The molecule has 0 radical (unpaired) electrons. The van der Waals surface area contributed by atoms with Gasteiger partial charge in [-0.25, -0.2) is 5.48 Å². The number of hydrogen-bond donors (Lipinski definition) is 4. The number of aliphatic hydroxyl groups excluding tert-OH is 1. The predicted octanol–water partition coefficient (Wildman–Crippen LogP) is 0.335. The summed E-state index contributed by atoms with van der Waals surface area (Å²) in [5.41, 5.74) is 2.74. The number of hydrogen-bond acceptors (Lipinski definition) is 6. The molecule has 0 aromatic carbocycles. The van der Waals surface area contributed by atoms with Gasteiger partial charge in [0.25, 0.3) is 5.91 Å². The van der Waals surface area contributed by atoms with Crippen molar-refractivity contribution in [2.75, 3.05) is 26.7 Å². The molecule has 3 aliphatic rings. The molecule has 0 aromatic rings. The molecule has 8 heteroatoms. The van der Waals surface area contributed by atoms with E-state index in [4.69, 9.17) is 15.4 Å². The lowest BCUT2D eigenvalue weighted by atomic mass is 9.93. The van der Waals surface area contributed by atoms with Gasteiger partial charge in [0.1, 0.15) is 24.4 Å². The Bertz CT molecular complexity index is 695. The Kier molecular flexibility index (Phi) is 4.91. The Balaban J connectivity index is 1.72. The largest absolute Gasteiger partial charge is 0.496 e. The first-order valence-electron chi connectivity index (χ1n) is 8.12. The monoisotopic (exact) mass is 346 g/mol. The first kappa shape index (κ1) is 17.2. The molecule has 0 bridgehead atoms. The van der Waals surface area contributed by atoms with Crippen LogP contribution in [-0.4, -0.2) is 64.8 Å². The van der Waals surface area contributed by atoms with Gasteiger partial charge in [0.05, 0.1) is 6.54 Å². The highest BCUT2D eigenvalue weighted by Gasteiger charge is 2.29. The van der Waals surface area contributed by atoms with Crippen LogP contribution < -0.4 is 5.48 Å². The fourth-order valence-electron chi connectivity index (χ4n) is 3.08. The van der Waals surface area contributed by atoms with Gasteiger partial charge in [-0.3, -0.25) is 15.4 Å². The van der Waals surface area contributed by atoms with Crippen LogP contribution in [0.3, 0.4) is 0 Å². The van der Waals surface area contributed by atoms with E-state index in [1.807, 2.05) is 4.90 Å². The molecule has 2 unspecified atom stereocenters. The summed E-state index contributed by atoms with van der Waals surface area (Å²) < 4.78 is 5.77. The molecule has 25 heavy (non-hydrogen) atoms. The number of carbonyl (C=O) groups excluding carboxylic acids is 1. The number of amides is 1. The van der Waals surface area contributed by atoms with E-state index in [2.05, 4.69) is 0 Å². The number of likely N-dealkylation sites (N-methyl/N-ethyl adjacent to an activating group) is 1. The maximum absolute atomic E-state index is 11.5. The van der Waals surface area contributed by atoms with Crippen molar-refractivity contribution in [3.63, 3.8) is 0 Å². The second kappa shape index (κ2) is 7.12. The third kappa shape index (κ3) is 3.59. The average Bonchev–Trinajstić information content (AvgIpc) is 2.84. The fraction of sp³-hybridized carbons (Fsp3) is 0.412. The molecule has 3 rings (SSSR count). The number of hydroxylamine groups is 1. The summed E-state index contributed by atoms with van der Waals surface area (Å²) >= 11 is 0. The minimum absolute atomic E-state index is 0.0505. The zero-order valence-corrected chi connectivity index (χ0v) is 14.0. The van der Waals surface area contributed by atoms with Crippen LogP contribution in [0.2, 0.25) is 0 Å². The first-order valence-corrected chi connectivity index (χ1v) is 8.12. The second-order valence-electron chi connectivity index (χ2n) is 6.25. The lowest BCUT2D eigenvalue weighted by molar-refractivity contribution is -0.125. The van der Waals surface area contributed by atoms with Gasteiger partial charge in [-0.1, -0.05) is 6.08 Å². The number of allylic oxidation sites excluding steroid dienone is 1. The molecule has 1 saturated heterocycles. The zero-order valence-electron chi connectivity index (χ0n) is 14.0. The van der Waals surface area contributed by atoms with Crippen LogP contribution in [0.5, 0.6) is 0 Å². The standard InChI is InChI=1S/C17H22N4O4/c1-20-9-13(4-5-15(20)22)16(18)21-6-7-25-14-8-11(17(23)19-24)2-3-12(14)10-21/h2,4-5,8-9,12,15,18,22,24H,3,6-7,10H2,1H3,(H,19,23). The van der Waals surface area contributed by atoms with Crippen LogP contribution in [0.25, 0.3) is 0 Å². The molecule has 2 atom stereocenters. The fourth-order valence-corrected chi connectivity index (χ4v) is 3.08. The Morgan fingerprint density at radius 1 is 1.44 bits per heavy atom. The van der Waals surface area contributed by atoms with E-state index in [0.29, 0.717) is 43.3 Å². The van der Waals surface area contributed by atoms with Gasteiger partial charge in [0.2, 0.25) is 0 Å². The van der Waals surface area contributed by atoms with Crippen molar-refractivity contribution in [1.82, 2.24) is 15.3 Å². The van der Waals surface area contributed by atoms with Gasteiger partial charge >= 0.3 is 0 Å². The van der Waals surface area contributed by atoms with E-state index in [1.54, 1.807) is 47.9 Å². The zero-order chi connectivity index (χ0) is 18.0. The molecule has 2 aliphatic heterocycles. The summed E-state index contributed by atoms with van der Waals surface area (Å²) in [7, 11) is 1.76. The first-order chi connectivity index (χ1) is 12.0. The smallest absolute Gasteiger partial charge is 0.274 e. The molecule has 4 N–H and O–H groups in total. The normalized spacial score (nSPS) is 25.8. The molecular weight excluding hydrogens is 324 g/mol. The Morgan fingerprint density at radius 3 is 2.96 bits per heavy atom. The maximum Gasteiger partial charge on any atom is 0.274 e. The van der Waals surface area contributed by atoms with E-state index in [1.165, 1.54) is 0 Å². The van der Waals surface area contributed by atoms with Crippen molar-refractivity contribution >= 4 is 11.7 Å². The number of nitrogens with zero attached hydrogens (tertiary/aromatic N) is 2. The second-order valence-corrected chi connectivity index (χ2v) is 6.25. The van der Waals surface area contributed by atoms with Crippen molar-refractivity contribution < 1.29 is 19.8 Å². The van der Waals surface area contributed by atoms with E-state index in [0.717, 1.165) is 5.57 Å². The number of carbonyl (C=O) groups is 1. The Labute approximate surface area is 145 Å². The van der Waals surface area contributed by atoms with Crippen molar-refractivity contribution in [2.24, 2.45) is 5.92 Å². The minimum atomic E-state index is -0.668. The Morgan fingerprint density at radius 2 is 2.24 bits per heavy atom. The van der Waals surface area contributed by atoms with Crippen molar-refractivity contribution in [3.05, 3.63) is 47.4 Å². The lowest BCUT2D eigenvalue weighted by Crippen LogP contribution is -2.38. The highest BCUT2D eigenvalue weighted by molar-refractivity contribution is 5.98. The van der Waals surface area contributed by atoms with Crippen LogP contribution in [0.1, 0.15) is 6.42 Å². The lowest BCUT2D eigenvalue weighted by Gasteiger charge is -2.30. The molecule has 134 valence electrons. The van der Waals surface area contributed by atoms with Crippen molar-refractivity contribution in [2.45, 2.75) is 12.6 Å². The van der Waals surface area contributed by atoms with E-state index < -0.39 is 12.1 Å².